The summed E-state index contributed by atoms with van der Waals surface area (Å²) in [5.41, 5.74) is 5.34. The fourth-order valence-corrected chi connectivity index (χ4v) is 0.484. The van der Waals surface area contributed by atoms with Gasteiger partial charge in [0.2, 0.25) is 0 Å². The first-order chi connectivity index (χ1) is 4.31. The molecule has 0 aliphatic rings. The third kappa shape index (κ3) is 5.17. The summed E-state index contributed by atoms with van der Waals surface area (Å²) in [6.45, 7) is 2.02. The van der Waals surface area contributed by atoms with E-state index in [0.717, 1.165) is 12.8 Å². The maximum Gasteiger partial charge on any atom is 0.109 e. The predicted octanol–water partition coefficient (Wildman–Crippen LogP) is 0.910. The minimum Gasteiger partial charge on any atom is -0.511 e. The van der Waals surface area contributed by atoms with Crippen LogP contribution in [0.3, 0.4) is 0 Å². The van der Waals surface area contributed by atoms with Crippen LogP contribution in [0.15, 0.2) is 12.0 Å². The van der Waals surface area contributed by atoms with Gasteiger partial charge in [-0.25, -0.2) is 5.43 Å². The standard InChI is InChI=1S/C6H14N2O/c1-3-4-6(9)5-8-7-2/h5,7-9H,3-4H2,1-2H3/b6-5-. The monoisotopic (exact) mass is 130 g/mol. The second kappa shape index (κ2) is 5.44. The van der Waals surface area contributed by atoms with E-state index in [-0.39, 0.29) is 0 Å². The molecule has 0 amide bonds. The molecule has 9 heavy (non-hydrogen) atoms. The van der Waals surface area contributed by atoms with Crippen LogP contribution in [0, 0.1) is 0 Å². The van der Waals surface area contributed by atoms with Crippen LogP contribution in [0.4, 0.5) is 0 Å². The lowest BCUT2D eigenvalue weighted by Gasteiger charge is -1.97. The molecule has 3 N–H and O–H groups in total. The van der Waals surface area contributed by atoms with Gasteiger partial charge in [0.1, 0.15) is 5.76 Å². The summed E-state index contributed by atoms with van der Waals surface area (Å²) in [5, 5.41) is 8.94. The minimum absolute atomic E-state index is 0.381. The zero-order valence-electron chi connectivity index (χ0n) is 5.94. The molecular formula is C6H14N2O. The van der Waals surface area contributed by atoms with Crippen molar-refractivity contribution in [3.63, 3.8) is 0 Å². The number of aliphatic hydroxyl groups is 1. The van der Waals surface area contributed by atoms with Gasteiger partial charge in [0.15, 0.2) is 0 Å². The fraction of sp³-hybridized carbons (Fsp3) is 0.667. The Kier molecular flexibility index (Phi) is 5.01. The van der Waals surface area contributed by atoms with Crippen LogP contribution in [-0.2, 0) is 0 Å². The molecule has 0 aromatic carbocycles. The SMILES string of the molecule is CCC/C(O)=C/NNC. The summed E-state index contributed by atoms with van der Waals surface area (Å²) in [6.07, 6.45) is 3.24. The van der Waals surface area contributed by atoms with Crippen LogP contribution in [0.2, 0.25) is 0 Å². The minimum atomic E-state index is 0.381. The molecule has 54 valence electrons. The molecule has 0 heterocycles. The molecule has 0 unspecified atom stereocenters. The van der Waals surface area contributed by atoms with Crippen molar-refractivity contribution in [3.05, 3.63) is 12.0 Å². The van der Waals surface area contributed by atoms with Crippen molar-refractivity contribution in [3.8, 4) is 0 Å². The van der Waals surface area contributed by atoms with Gasteiger partial charge in [0.05, 0.1) is 6.20 Å². The zero-order valence-corrected chi connectivity index (χ0v) is 5.94. The van der Waals surface area contributed by atoms with E-state index in [1.165, 1.54) is 0 Å². The summed E-state index contributed by atoms with van der Waals surface area (Å²) >= 11 is 0. The Morgan fingerprint density at radius 1 is 1.67 bits per heavy atom. The van der Waals surface area contributed by atoms with Gasteiger partial charge in [-0.15, -0.1) is 0 Å². The number of hydrazine groups is 1. The molecule has 0 fully saturated rings. The highest BCUT2D eigenvalue weighted by atomic mass is 16.3. The van der Waals surface area contributed by atoms with Crippen molar-refractivity contribution in [2.24, 2.45) is 0 Å². The van der Waals surface area contributed by atoms with Crippen molar-refractivity contribution in [2.75, 3.05) is 7.05 Å². The number of hydrogen-bond donors (Lipinski definition) is 3. The largest absolute Gasteiger partial charge is 0.511 e. The summed E-state index contributed by atoms with van der Waals surface area (Å²) in [4.78, 5) is 0. The van der Waals surface area contributed by atoms with E-state index in [2.05, 4.69) is 10.9 Å². The predicted molar refractivity (Wildman–Crippen MR) is 37.8 cm³/mol. The molecule has 0 spiro atoms. The molecule has 3 nitrogen and oxygen atoms in total. The van der Waals surface area contributed by atoms with E-state index >= 15 is 0 Å². The molecule has 0 atom stereocenters. The fourth-order valence-electron chi connectivity index (χ4n) is 0.484. The maximum absolute atomic E-state index is 8.94. The van der Waals surface area contributed by atoms with Crippen LogP contribution in [0.5, 0.6) is 0 Å². The Balaban J connectivity index is 3.30. The number of aliphatic hydroxyl groups excluding tert-OH is 1. The smallest absolute Gasteiger partial charge is 0.109 e. The highest BCUT2D eigenvalue weighted by Crippen LogP contribution is 1.96. The molecule has 0 bridgehead atoms. The number of rotatable bonds is 4. The topological polar surface area (TPSA) is 44.3 Å². The third-order valence-electron chi connectivity index (χ3n) is 0.889. The quantitative estimate of drug-likeness (QED) is 0.391. The zero-order chi connectivity index (χ0) is 7.11. The molecule has 0 aliphatic heterocycles. The van der Waals surface area contributed by atoms with E-state index in [9.17, 15) is 0 Å². The Morgan fingerprint density at radius 3 is 2.78 bits per heavy atom. The first-order valence-electron chi connectivity index (χ1n) is 3.11. The lowest BCUT2D eigenvalue weighted by Crippen LogP contribution is -2.21. The van der Waals surface area contributed by atoms with Crippen molar-refractivity contribution in [1.29, 1.82) is 0 Å². The van der Waals surface area contributed by atoms with Gasteiger partial charge >= 0.3 is 0 Å². The van der Waals surface area contributed by atoms with E-state index in [4.69, 9.17) is 5.11 Å². The first-order valence-corrected chi connectivity index (χ1v) is 3.11. The number of nitrogens with one attached hydrogen (secondary N) is 2. The van der Waals surface area contributed by atoms with Crippen LogP contribution in [0.1, 0.15) is 19.8 Å². The van der Waals surface area contributed by atoms with E-state index in [1.807, 2.05) is 6.92 Å². The molecule has 0 aromatic rings. The average Bonchev–Trinajstić information content (AvgIpc) is 1.85. The van der Waals surface area contributed by atoms with Gasteiger partial charge in [-0.3, -0.25) is 0 Å². The van der Waals surface area contributed by atoms with Gasteiger partial charge in [-0.05, 0) is 6.42 Å². The summed E-state index contributed by atoms with van der Waals surface area (Å²) in [5.74, 6) is 0.381. The Labute approximate surface area is 55.7 Å². The van der Waals surface area contributed by atoms with Crippen LogP contribution < -0.4 is 10.9 Å². The first kappa shape index (κ1) is 8.30. The van der Waals surface area contributed by atoms with Crippen molar-refractivity contribution < 1.29 is 5.11 Å². The second-order valence-electron chi connectivity index (χ2n) is 1.78. The van der Waals surface area contributed by atoms with E-state index in [0.29, 0.717) is 5.76 Å². The molecule has 0 radical (unpaired) electrons. The Hall–Kier alpha value is -0.700. The van der Waals surface area contributed by atoms with Crippen LogP contribution >= 0.6 is 0 Å². The Morgan fingerprint density at radius 2 is 2.33 bits per heavy atom. The summed E-state index contributed by atoms with van der Waals surface area (Å²) in [6, 6.07) is 0. The normalized spacial score (nSPS) is 11.6. The highest BCUT2D eigenvalue weighted by molar-refractivity contribution is 4.86. The molecule has 0 rings (SSSR count). The lowest BCUT2D eigenvalue weighted by molar-refractivity contribution is 0.380. The van der Waals surface area contributed by atoms with Gasteiger partial charge in [-0.2, -0.15) is 0 Å². The molecular weight excluding hydrogens is 116 g/mol. The van der Waals surface area contributed by atoms with E-state index < -0.39 is 0 Å². The molecule has 0 aliphatic carbocycles. The molecule has 3 heteroatoms. The average molecular weight is 130 g/mol. The summed E-state index contributed by atoms with van der Waals surface area (Å²) in [7, 11) is 1.75. The van der Waals surface area contributed by atoms with Gasteiger partial charge < -0.3 is 10.5 Å². The second-order valence-corrected chi connectivity index (χ2v) is 1.78. The molecule has 0 saturated heterocycles. The highest BCUT2D eigenvalue weighted by Gasteiger charge is 1.86. The summed E-state index contributed by atoms with van der Waals surface area (Å²) < 4.78 is 0. The van der Waals surface area contributed by atoms with Crippen molar-refractivity contribution in [2.45, 2.75) is 19.8 Å². The number of hydrogen-bond acceptors (Lipinski definition) is 3. The van der Waals surface area contributed by atoms with Crippen LogP contribution in [-0.4, -0.2) is 12.2 Å². The van der Waals surface area contributed by atoms with Crippen LogP contribution in [0.25, 0.3) is 0 Å². The molecule has 0 aromatic heterocycles. The number of allylic oxidation sites excluding steroid dienone is 1. The van der Waals surface area contributed by atoms with Gasteiger partial charge in [-0.1, -0.05) is 6.92 Å². The van der Waals surface area contributed by atoms with Crippen molar-refractivity contribution >= 4 is 0 Å². The van der Waals surface area contributed by atoms with Crippen molar-refractivity contribution in [1.82, 2.24) is 10.9 Å². The van der Waals surface area contributed by atoms with E-state index in [1.54, 1.807) is 13.2 Å². The maximum atomic E-state index is 8.94. The third-order valence-corrected chi connectivity index (χ3v) is 0.889. The molecule has 0 saturated carbocycles. The Bertz CT molecular complexity index is 91.1. The van der Waals surface area contributed by atoms with Gasteiger partial charge in [0, 0.05) is 13.5 Å². The van der Waals surface area contributed by atoms with Gasteiger partial charge in [0.25, 0.3) is 0 Å². The lowest BCUT2D eigenvalue weighted by atomic mass is 10.3.